The maximum Gasteiger partial charge on any atom is 0.315 e. The fourth-order valence-corrected chi connectivity index (χ4v) is 2.76. The molecule has 0 aliphatic heterocycles. The van der Waals surface area contributed by atoms with Gasteiger partial charge in [-0.3, -0.25) is 0 Å². The zero-order valence-electron chi connectivity index (χ0n) is 13.8. The lowest BCUT2D eigenvalue weighted by Gasteiger charge is -2.09. The van der Waals surface area contributed by atoms with Gasteiger partial charge in [-0.1, -0.05) is 42.5 Å². The monoisotopic (exact) mass is 322 g/mol. The molecule has 2 amide bonds. The third kappa shape index (κ3) is 3.93. The molecule has 5 nitrogen and oxygen atoms in total. The number of fused-ring (bicyclic) bond motifs is 1. The Balaban J connectivity index is 1.43. The Morgan fingerprint density at radius 2 is 1.79 bits per heavy atom. The average molecular weight is 322 g/mol. The maximum atomic E-state index is 11.8. The van der Waals surface area contributed by atoms with Crippen molar-refractivity contribution in [1.82, 2.24) is 20.2 Å². The number of hydrogen-bond acceptors (Lipinski definition) is 2. The molecule has 124 valence electrons. The van der Waals surface area contributed by atoms with E-state index in [4.69, 9.17) is 0 Å². The Morgan fingerprint density at radius 1 is 1.04 bits per heavy atom. The van der Waals surface area contributed by atoms with Gasteiger partial charge in [-0.15, -0.1) is 0 Å². The van der Waals surface area contributed by atoms with Gasteiger partial charge in [0.25, 0.3) is 0 Å². The summed E-state index contributed by atoms with van der Waals surface area (Å²) >= 11 is 0. The molecule has 1 heterocycles. The summed E-state index contributed by atoms with van der Waals surface area (Å²) in [5.74, 6) is 1.00. The van der Waals surface area contributed by atoms with Gasteiger partial charge in [0.2, 0.25) is 0 Å². The molecule has 2 aromatic carbocycles. The smallest absolute Gasteiger partial charge is 0.315 e. The lowest BCUT2D eigenvalue weighted by Crippen LogP contribution is -2.35. The summed E-state index contributed by atoms with van der Waals surface area (Å²) < 4.78 is 2.19. The van der Waals surface area contributed by atoms with Crippen molar-refractivity contribution in [3.8, 4) is 0 Å². The molecule has 3 rings (SSSR count). The van der Waals surface area contributed by atoms with Crippen LogP contribution >= 0.6 is 0 Å². The topological polar surface area (TPSA) is 59.0 Å². The molecular formula is C19H22N4O. The summed E-state index contributed by atoms with van der Waals surface area (Å²) in [6.07, 6.45) is 0.861. The van der Waals surface area contributed by atoms with E-state index < -0.39 is 0 Å². The zero-order chi connectivity index (χ0) is 16.8. The number of amides is 2. The first-order chi connectivity index (χ1) is 11.7. The number of para-hydroxylation sites is 2. The molecule has 1 aromatic heterocycles. The van der Waals surface area contributed by atoms with Crippen LogP contribution in [0.2, 0.25) is 0 Å². The molecule has 0 fully saturated rings. The maximum absolute atomic E-state index is 11.8. The second kappa shape index (κ2) is 7.64. The highest BCUT2D eigenvalue weighted by Crippen LogP contribution is 2.15. The number of nitrogens with one attached hydrogen (secondary N) is 2. The average Bonchev–Trinajstić information content (AvgIpc) is 2.93. The third-order valence-electron chi connectivity index (χ3n) is 3.99. The van der Waals surface area contributed by atoms with E-state index in [2.05, 4.69) is 26.3 Å². The van der Waals surface area contributed by atoms with Crippen LogP contribution < -0.4 is 10.6 Å². The first-order valence-electron chi connectivity index (χ1n) is 8.21. The Labute approximate surface area is 141 Å². The summed E-state index contributed by atoms with van der Waals surface area (Å²) in [4.78, 5) is 16.4. The molecule has 3 aromatic rings. The predicted molar refractivity (Wildman–Crippen MR) is 95.8 cm³/mol. The van der Waals surface area contributed by atoms with E-state index in [1.54, 1.807) is 0 Å². The first kappa shape index (κ1) is 16.1. The summed E-state index contributed by atoms with van der Waals surface area (Å²) in [6.45, 7) is 4.02. The normalized spacial score (nSPS) is 10.7. The van der Waals surface area contributed by atoms with Crippen LogP contribution in [0.5, 0.6) is 0 Å². The second-order valence-electron chi connectivity index (χ2n) is 5.75. The lowest BCUT2D eigenvalue weighted by atomic mass is 10.2. The van der Waals surface area contributed by atoms with Crippen LogP contribution in [-0.4, -0.2) is 22.1 Å². The molecule has 0 saturated heterocycles. The molecule has 0 radical (unpaired) electrons. The number of benzene rings is 2. The van der Waals surface area contributed by atoms with E-state index in [-0.39, 0.29) is 6.03 Å². The van der Waals surface area contributed by atoms with Gasteiger partial charge in [-0.25, -0.2) is 9.78 Å². The number of rotatable bonds is 6. The minimum Gasteiger partial charge on any atom is -0.338 e. The fourth-order valence-electron chi connectivity index (χ4n) is 2.76. The molecule has 2 N–H and O–H groups in total. The summed E-state index contributed by atoms with van der Waals surface area (Å²) in [5.41, 5.74) is 3.25. The molecule has 0 bridgehead atoms. The number of urea groups is 1. The minimum absolute atomic E-state index is 0.133. The SMILES string of the molecule is Cc1nc2ccccc2n1CCCNC(=O)NCc1ccccc1. The molecule has 0 unspecified atom stereocenters. The standard InChI is InChI=1S/C19H22N4O/c1-15-22-17-10-5-6-11-18(17)23(15)13-7-12-20-19(24)21-14-16-8-3-2-4-9-16/h2-6,8-11H,7,12-14H2,1H3,(H2,20,21,24). The highest BCUT2D eigenvalue weighted by molar-refractivity contribution is 5.76. The Kier molecular flexibility index (Phi) is 5.11. The second-order valence-corrected chi connectivity index (χ2v) is 5.75. The third-order valence-corrected chi connectivity index (χ3v) is 3.99. The van der Waals surface area contributed by atoms with Crippen LogP contribution in [0, 0.1) is 6.92 Å². The molecule has 0 aliphatic rings. The van der Waals surface area contributed by atoms with E-state index in [0.717, 1.165) is 35.4 Å². The van der Waals surface area contributed by atoms with Gasteiger partial charge in [0, 0.05) is 19.6 Å². The minimum atomic E-state index is -0.133. The Morgan fingerprint density at radius 3 is 2.62 bits per heavy atom. The van der Waals surface area contributed by atoms with Crippen LogP contribution in [0.4, 0.5) is 4.79 Å². The van der Waals surface area contributed by atoms with Crippen molar-refractivity contribution in [3.05, 3.63) is 66.0 Å². The van der Waals surface area contributed by atoms with Gasteiger partial charge in [0.05, 0.1) is 11.0 Å². The summed E-state index contributed by atoms with van der Waals surface area (Å²) in [7, 11) is 0. The zero-order valence-corrected chi connectivity index (χ0v) is 13.8. The van der Waals surface area contributed by atoms with Gasteiger partial charge in [-0.2, -0.15) is 0 Å². The van der Waals surface area contributed by atoms with Gasteiger partial charge in [0.1, 0.15) is 5.82 Å². The van der Waals surface area contributed by atoms with Gasteiger partial charge in [-0.05, 0) is 31.0 Å². The summed E-state index contributed by atoms with van der Waals surface area (Å²) in [5, 5.41) is 5.76. The van der Waals surface area contributed by atoms with Gasteiger partial charge in [0.15, 0.2) is 0 Å². The van der Waals surface area contributed by atoms with Gasteiger partial charge < -0.3 is 15.2 Å². The van der Waals surface area contributed by atoms with Crippen molar-refractivity contribution in [2.75, 3.05) is 6.54 Å². The Hall–Kier alpha value is -2.82. The number of imidazole rings is 1. The van der Waals surface area contributed by atoms with E-state index in [1.165, 1.54) is 0 Å². The predicted octanol–water partition coefficient (Wildman–Crippen LogP) is 3.23. The highest BCUT2D eigenvalue weighted by Gasteiger charge is 2.06. The molecule has 5 heteroatoms. The van der Waals surface area contributed by atoms with Crippen molar-refractivity contribution >= 4 is 17.1 Å². The van der Waals surface area contributed by atoms with Crippen LogP contribution in [-0.2, 0) is 13.1 Å². The van der Waals surface area contributed by atoms with Crippen molar-refractivity contribution in [3.63, 3.8) is 0 Å². The van der Waals surface area contributed by atoms with Crippen molar-refractivity contribution in [1.29, 1.82) is 0 Å². The van der Waals surface area contributed by atoms with Crippen molar-refractivity contribution < 1.29 is 4.79 Å². The number of carbonyl (C=O) groups is 1. The molecule has 0 atom stereocenters. The number of hydrogen-bond donors (Lipinski definition) is 2. The van der Waals surface area contributed by atoms with Crippen LogP contribution in [0.1, 0.15) is 17.8 Å². The van der Waals surface area contributed by atoms with E-state index >= 15 is 0 Å². The highest BCUT2D eigenvalue weighted by atomic mass is 16.2. The van der Waals surface area contributed by atoms with E-state index in [9.17, 15) is 4.79 Å². The number of aromatic nitrogens is 2. The largest absolute Gasteiger partial charge is 0.338 e. The van der Waals surface area contributed by atoms with E-state index in [1.807, 2.05) is 55.5 Å². The molecular weight excluding hydrogens is 300 g/mol. The molecule has 0 saturated carbocycles. The molecule has 24 heavy (non-hydrogen) atoms. The van der Waals surface area contributed by atoms with E-state index in [0.29, 0.717) is 13.1 Å². The number of aryl methyl sites for hydroxylation is 2. The lowest BCUT2D eigenvalue weighted by molar-refractivity contribution is 0.240. The molecule has 0 aliphatic carbocycles. The molecule has 0 spiro atoms. The van der Waals surface area contributed by atoms with Crippen molar-refractivity contribution in [2.24, 2.45) is 0 Å². The first-order valence-corrected chi connectivity index (χ1v) is 8.21. The van der Waals surface area contributed by atoms with Crippen LogP contribution in [0.3, 0.4) is 0 Å². The quantitative estimate of drug-likeness (QED) is 0.685. The number of carbonyl (C=O) groups excluding carboxylic acids is 1. The van der Waals surface area contributed by atoms with Crippen molar-refractivity contribution in [2.45, 2.75) is 26.4 Å². The number of nitrogens with zero attached hydrogens (tertiary/aromatic N) is 2. The van der Waals surface area contributed by atoms with Gasteiger partial charge >= 0.3 is 6.03 Å². The van der Waals surface area contributed by atoms with Crippen LogP contribution in [0.15, 0.2) is 54.6 Å². The Bertz CT molecular complexity index is 811. The summed E-state index contributed by atoms with van der Waals surface area (Å²) in [6, 6.07) is 17.9. The fraction of sp³-hybridized carbons (Fsp3) is 0.263. The van der Waals surface area contributed by atoms with Crippen LogP contribution in [0.25, 0.3) is 11.0 Å².